The maximum Gasteiger partial charge on any atom is 0.225 e. The van der Waals surface area contributed by atoms with E-state index in [1.54, 1.807) is 14.2 Å². The highest BCUT2D eigenvalue weighted by Crippen LogP contribution is 2.26. The first-order valence-corrected chi connectivity index (χ1v) is 11.7. The van der Waals surface area contributed by atoms with Crippen LogP contribution in [-0.4, -0.2) is 81.6 Å². The fourth-order valence-electron chi connectivity index (χ4n) is 4.59. The second-order valence-corrected chi connectivity index (χ2v) is 8.64. The highest BCUT2D eigenvalue weighted by atomic mass is 16.5. The third kappa shape index (κ3) is 6.86. The van der Waals surface area contributed by atoms with Crippen LogP contribution in [0.4, 0.5) is 0 Å². The molecule has 1 saturated carbocycles. The number of methoxy groups -OCH3 is 1. The van der Waals surface area contributed by atoms with Crippen LogP contribution in [0, 0.1) is 12.8 Å². The molecule has 7 heteroatoms. The average molecular weight is 430 g/mol. The molecule has 7 nitrogen and oxygen atoms in total. The van der Waals surface area contributed by atoms with Gasteiger partial charge in [0, 0.05) is 58.8 Å². The Morgan fingerprint density at radius 2 is 1.84 bits per heavy atom. The zero-order chi connectivity index (χ0) is 22.1. The summed E-state index contributed by atoms with van der Waals surface area (Å²) in [5, 5.41) is 6.80. The normalized spacial score (nSPS) is 18.3. The van der Waals surface area contributed by atoms with Gasteiger partial charge in [-0.05, 0) is 37.8 Å². The van der Waals surface area contributed by atoms with Gasteiger partial charge in [0.15, 0.2) is 5.96 Å². The number of amides is 1. The Morgan fingerprint density at radius 1 is 1.13 bits per heavy atom. The number of ether oxygens (including phenoxy) is 1. The van der Waals surface area contributed by atoms with Gasteiger partial charge in [0.05, 0.1) is 7.11 Å². The highest BCUT2D eigenvalue weighted by molar-refractivity contribution is 5.80. The smallest absolute Gasteiger partial charge is 0.225 e. The van der Waals surface area contributed by atoms with Crippen LogP contribution in [0.15, 0.2) is 23.2 Å². The predicted octanol–water partition coefficient (Wildman–Crippen LogP) is 2.05. The molecule has 2 fully saturated rings. The number of nitrogens with one attached hydrogen (secondary N) is 2. The molecular weight excluding hydrogens is 390 g/mol. The van der Waals surface area contributed by atoms with Crippen molar-refractivity contribution in [3.63, 3.8) is 0 Å². The molecule has 0 aromatic heterocycles. The Hall–Kier alpha value is -2.28. The summed E-state index contributed by atoms with van der Waals surface area (Å²) in [6.45, 7) is 8.32. The summed E-state index contributed by atoms with van der Waals surface area (Å²) >= 11 is 0. The van der Waals surface area contributed by atoms with Crippen LogP contribution in [0.25, 0.3) is 0 Å². The lowest BCUT2D eigenvalue weighted by molar-refractivity contribution is -0.137. The van der Waals surface area contributed by atoms with E-state index in [4.69, 9.17) is 4.74 Å². The van der Waals surface area contributed by atoms with Gasteiger partial charge in [-0.25, -0.2) is 0 Å². The Morgan fingerprint density at radius 3 is 2.52 bits per heavy atom. The van der Waals surface area contributed by atoms with E-state index in [9.17, 15) is 4.79 Å². The molecule has 1 aromatic rings. The lowest BCUT2D eigenvalue weighted by Gasteiger charge is -2.36. The molecule has 1 aromatic carbocycles. The van der Waals surface area contributed by atoms with Crippen molar-refractivity contribution < 1.29 is 9.53 Å². The predicted molar refractivity (Wildman–Crippen MR) is 126 cm³/mol. The van der Waals surface area contributed by atoms with Crippen molar-refractivity contribution in [2.45, 2.75) is 39.0 Å². The largest absolute Gasteiger partial charge is 0.496 e. The van der Waals surface area contributed by atoms with Crippen molar-refractivity contribution in [3.8, 4) is 5.75 Å². The van der Waals surface area contributed by atoms with Crippen molar-refractivity contribution in [3.05, 3.63) is 29.3 Å². The Kier molecular flexibility index (Phi) is 9.00. The molecule has 1 aliphatic carbocycles. The number of nitrogens with zero attached hydrogens (tertiary/aromatic N) is 3. The lowest BCUT2D eigenvalue weighted by atomic mass is 10.1. The standard InChI is InChI=1S/C24H39N5O2/c1-19-8-9-22(31-3)21(18-19)10-11-26-24(25-2)27-12-13-28-14-16-29(17-15-28)23(30)20-6-4-5-7-20/h8-9,18,20H,4-7,10-17H2,1-3H3,(H2,25,26,27). The molecule has 1 heterocycles. The lowest BCUT2D eigenvalue weighted by Crippen LogP contribution is -2.52. The number of benzene rings is 1. The van der Waals surface area contributed by atoms with Gasteiger partial charge in [-0.3, -0.25) is 14.7 Å². The number of aryl methyl sites for hydroxylation is 1. The summed E-state index contributed by atoms with van der Waals surface area (Å²) in [4.78, 5) is 21.4. The second kappa shape index (κ2) is 11.9. The first kappa shape index (κ1) is 23.4. The molecule has 0 atom stereocenters. The Bertz CT molecular complexity index is 737. The molecule has 1 amide bonds. The molecule has 1 saturated heterocycles. The molecule has 0 bridgehead atoms. The molecule has 172 valence electrons. The number of rotatable bonds is 8. The summed E-state index contributed by atoms with van der Waals surface area (Å²) in [6.07, 6.45) is 5.49. The van der Waals surface area contributed by atoms with E-state index in [0.717, 1.165) is 76.8 Å². The zero-order valence-electron chi connectivity index (χ0n) is 19.5. The van der Waals surface area contributed by atoms with Gasteiger partial charge in [-0.1, -0.05) is 30.5 Å². The SMILES string of the molecule is CN=C(NCCc1cc(C)ccc1OC)NCCN1CCN(C(=O)C2CCCC2)CC1. The van der Waals surface area contributed by atoms with E-state index in [0.29, 0.717) is 11.8 Å². The quantitative estimate of drug-likeness (QED) is 0.489. The van der Waals surface area contributed by atoms with E-state index >= 15 is 0 Å². The minimum absolute atomic E-state index is 0.294. The fourth-order valence-corrected chi connectivity index (χ4v) is 4.59. The molecule has 2 aliphatic rings. The van der Waals surface area contributed by atoms with Crippen LogP contribution in [0.5, 0.6) is 5.75 Å². The minimum Gasteiger partial charge on any atom is -0.496 e. The number of piperazine rings is 1. The van der Waals surface area contributed by atoms with Gasteiger partial charge in [0.1, 0.15) is 5.75 Å². The molecule has 0 spiro atoms. The summed E-state index contributed by atoms with van der Waals surface area (Å²) in [5.74, 6) is 2.44. The van der Waals surface area contributed by atoms with Gasteiger partial charge in [0.2, 0.25) is 5.91 Å². The van der Waals surface area contributed by atoms with Crippen molar-refractivity contribution in [1.82, 2.24) is 20.4 Å². The first-order valence-electron chi connectivity index (χ1n) is 11.7. The van der Waals surface area contributed by atoms with Crippen LogP contribution in [0.2, 0.25) is 0 Å². The maximum absolute atomic E-state index is 12.6. The van der Waals surface area contributed by atoms with Gasteiger partial charge in [0.25, 0.3) is 0 Å². The van der Waals surface area contributed by atoms with Crippen LogP contribution in [0.3, 0.4) is 0 Å². The van der Waals surface area contributed by atoms with Crippen LogP contribution in [-0.2, 0) is 11.2 Å². The third-order valence-corrected chi connectivity index (χ3v) is 6.46. The van der Waals surface area contributed by atoms with E-state index in [1.807, 2.05) is 6.07 Å². The second-order valence-electron chi connectivity index (χ2n) is 8.64. The van der Waals surface area contributed by atoms with E-state index in [-0.39, 0.29) is 0 Å². The maximum atomic E-state index is 12.6. The number of guanidine groups is 1. The first-order chi connectivity index (χ1) is 15.1. The molecule has 0 unspecified atom stereocenters. The molecule has 1 aliphatic heterocycles. The average Bonchev–Trinajstić information content (AvgIpc) is 3.33. The fraction of sp³-hybridized carbons (Fsp3) is 0.667. The van der Waals surface area contributed by atoms with E-state index in [1.165, 1.54) is 24.0 Å². The van der Waals surface area contributed by atoms with Crippen LogP contribution in [0.1, 0.15) is 36.8 Å². The van der Waals surface area contributed by atoms with Gasteiger partial charge >= 0.3 is 0 Å². The van der Waals surface area contributed by atoms with Crippen molar-refractivity contribution in [1.29, 1.82) is 0 Å². The monoisotopic (exact) mass is 429 g/mol. The van der Waals surface area contributed by atoms with E-state index in [2.05, 4.69) is 44.5 Å². The highest BCUT2D eigenvalue weighted by Gasteiger charge is 2.29. The van der Waals surface area contributed by atoms with Gasteiger partial charge < -0.3 is 20.3 Å². The number of carbonyl (C=O) groups is 1. The third-order valence-electron chi connectivity index (χ3n) is 6.46. The summed E-state index contributed by atoms with van der Waals surface area (Å²) in [7, 11) is 3.52. The number of aliphatic imine (C=N–C) groups is 1. The van der Waals surface area contributed by atoms with Gasteiger partial charge in [-0.2, -0.15) is 0 Å². The van der Waals surface area contributed by atoms with E-state index < -0.39 is 0 Å². The van der Waals surface area contributed by atoms with Crippen molar-refractivity contribution >= 4 is 11.9 Å². The molecule has 0 radical (unpaired) electrons. The van der Waals surface area contributed by atoms with Gasteiger partial charge in [-0.15, -0.1) is 0 Å². The van der Waals surface area contributed by atoms with Crippen LogP contribution >= 0.6 is 0 Å². The summed E-state index contributed by atoms with van der Waals surface area (Å²) in [6, 6.07) is 6.27. The Labute approximate surface area is 187 Å². The Balaban J connectivity index is 1.32. The van der Waals surface area contributed by atoms with Crippen LogP contribution < -0.4 is 15.4 Å². The zero-order valence-corrected chi connectivity index (χ0v) is 19.5. The summed E-state index contributed by atoms with van der Waals surface area (Å²) < 4.78 is 5.46. The number of carbonyl (C=O) groups excluding carboxylic acids is 1. The topological polar surface area (TPSA) is 69.2 Å². The molecule has 31 heavy (non-hydrogen) atoms. The van der Waals surface area contributed by atoms with Crippen molar-refractivity contribution in [2.24, 2.45) is 10.9 Å². The number of hydrogen-bond acceptors (Lipinski definition) is 4. The molecule has 3 rings (SSSR count). The molecule has 2 N–H and O–H groups in total. The van der Waals surface area contributed by atoms with Crippen molar-refractivity contribution in [2.75, 3.05) is 60.0 Å². The molecular formula is C24H39N5O2. The minimum atomic E-state index is 0.294. The summed E-state index contributed by atoms with van der Waals surface area (Å²) in [5.41, 5.74) is 2.44. The number of hydrogen-bond donors (Lipinski definition) is 2.